The second-order valence-electron chi connectivity index (χ2n) is 4.20. The maximum absolute atomic E-state index is 12.7. The molecule has 0 fully saturated rings. The van der Waals surface area contributed by atoms with E-state index in [1.807, 2.05) is 0 Å². The number of aryl methyl sites for hydroxylation is 1. The molecule has 0 saturated heterocycles. The Bertz CT molecular complexity index is 591. The molecular weight excluding hydrogens is 247 g/mol. The van der Waals surface area contributed by atoms with Crippen LogP contribution >= 0.6 is 0 Å². The summed E-state index contributed by atoms with van der Waals surface area (Å²) in [5.74, 6) is -0.653. The van der Waals surface area contributed by atoms with Crippen molar-refractivity contribution in [3.8, 4) is 5.75 Å². The van der Waals surface area contributed by atoms with E-state index < -0.39 is 5.97 Å². The summed E-state index contributed by atoms with van der Waals surface area (Å²) in [6.07, 6.45) is 0. The van der Waals surface area contributed by atoms with Crippen molar-refractivity contribution in [1.29, 1.82) is 0 Å². The summed E-state index contributed by atoms with van der Waals surface area (Å²) in [4.78, 5) is 10.9. The molecule has 0 bridgehead atoms. The maximum atomic E-state index is 12.7. The molecule has 0 unspecified atom stereocenters. The zero-order valence-electron chi connectivity index (χ0n) is 10.4. The van der Waals surface area contributed by atoms with Gasteiger partial charge < -0.3 is 9.84 Å². The average Bonchev–Trinajstić information content (AvgIpc) is 2.37. The molecule has 98 valence electrons. The van der Waals surface area contributed by atoms with Crippen molar-refractivity contribution in [3.63, 3.8) is 0 Å². The van der Waals surface area contributed by atoms with Gasteiger partial charge in [0.1, 0.15) is 18.2 Å². The van der Waals surface area contributed by atoms with Gasteiger partial charge in [-0.05, 0) is 48.4 Å². The van der Waals surface area contributed by atoms with Crippen LogP contribution in [0.25, 0.3) is 0 Å². The van der Waals surface area contributed by atoms with E-state index in [1.165, 1.54) is 18.2 Å². The number of carboxylic acid groups (broad SMARTS) is 1. The number of aromatic carboxylic acids is 1. The van der Waals surface area contributed by atoms with Gasteiger partial charge in [-0.3, -0.25) is 0 Å². The van der Waals surface area contributed by atoms with Crippen LogP contribution in [0, 0.1) is 12.7 Å². The Morgan fingerprint density at radius 2 is 1.89 bits per heavy atom. The van der Waals surface area contributed by atoms with E-state index in [9.17, 15) is 9.18 Å². The van der Waals surface area contributed by atoms with Crippen LogP contribution in [0.2, 0.25) is 0 Å². The molecule has 3 nitrogen and oxygen atoms in total. The first-order chi connectivity index (χ1) is 9.06. The van der Waals surface area contributed by atoms with Crippen molar-refractivity contribution in [1.82, 2.24) is 0 Å². The summed E-state index contributed by atoms with van der Waals surface area (Å²) in [7, 11) is 0. The van der Waals surface area contributed by atoms with Gasteiger partial charge in [0.15, 0.2) is 0 Å². The average molecular weight is 260 g/mol. The number of carboxylic acids is 1. The minimum atomic E-state index is -0.956. The summed E-state index contributed by atoms with van der Waals surface area (Å²) in [5, 5.41) is 8.91. The monoisotopic (exact) mass is 260 g/mol. The maximum Gasteiger partial charge on any atom is 0.335 e. The van der Waals surface area contributed by atoms with E-state index in [0.29, 0.717) is 17.9 Å². The van der Waals surface area contributed by atoms with Crippen LogP contribution in [0.3, 0.4) is 0 Å². The van der Waals surface area contributed by atoms with Crippen LogP contribution in [-0.4, -0.2) is 11.1 Å². The molecule has 0 saturated carbocycles. The van der Waals surface area contributed by atoms with Crippen LogP contribution in [0.1, 0.15) is 21.5 Å². The Morgan fingerprint density at radius 1 is 1.21 bits per heavy atom. The highest BCUT2D eigenvalue weighted by Crippen LogP contribution is 2.18. The number of hydrogen-bond donors (Lipinski definition) is 1. The van der Waals surface area contributed by atoms with Gasteiger partial charge in [-0.15, -0.1) is 0 Å². The Morgan fingerprint density at radius 3 is 2.47 bits per heavy atom. The molecule has 0 spiro atoms. The molecule has 0 aliphatic heterocycles. The van der Waals surface area contributed by atoms with Crippen molar-refractivity contribution in [2.24, 2.45) is 0 Å². The first-order valence-corrected chi connectivity index (χ1v) is 5.77. The number of carbonyl (C=O) groups is 1. The minimum absolute atomic E-state index is 0.258. The minimum Gasteiger partial charge on any atom is -0.489 e. The Hall–Kier alpha value is -2.36. The molecule has 0 atom stereocenters. The number of rotatable bonds is 4. The van der Waals surface area contributed by atoms with E-state index in [-0.39, 0.29) is 11.4 Å². The van der Waals surface area contributed by atoms with Crippen molar-refractivity contribution in [2.45, 2.75) is 13.5 Å². The summed E-state index contributed by atoms with van der Waals surface area (Å²) >= 11 is 0. The van der Waals surface area contributed by atoms with Crippen molar-refractivity contribution >= 4 is 5.97 Å². The van der Waals surface area contributed by atoms with Gasteiger partial charge in [-0.25, -0.2) is 9.18 Å². The molecular formula is C15H13FO3. The van der Waals surface area contributed by atoms with Crippen LogP contribution < -0.4 is 4.74 Å². The third-order valence-corrected chi connectivity index (χ3v) is 2.75. The highest BCUT2D eigenvalue weighted by Gasteiger charge is 2.07. The van der Waals surface area contributed by atoms with Gasteiger partial charge >= 0.3 is 5.97 Å². The molecule has 2 aromatic rings. The molecule has 19 heavy (non-hydrogen) atoms. The van der Waals surface area contributed by atoms with Gasteiger partial charge in [0.05, 0.1) is 5.56 Å². The summed E-state index contributed by atoms with van der Waals surface area (Å²) in [5.41, 5.74) is 1.75. The second-order valence-corrected chi connectivity index (χ2v) is 4.20. The zero-order chi connectivity index (χ0) is 13.8. The molecule has 0 aliphatic rings. The van der Waals surface area contributed by atoms with Crippen molar-refractivity contribution < 1.29 is 19.0 Å². The summed E-state index contributed by atoms with van der Waals surface area (Å²) < 4.78 is 18.3. The van der Waals surface area contributed by atoms with Gasteiger partial charge in [0, 0.05) is 0 Å². The predicted molar refractivity (Wildman–Crippen MR) is 68.9 cm³/mol. The molecule has 0 amide bonds. The van der Waals surface area contributed by atoms with E-state index >= 15 is 0 Å². The summed E-state index contributed by atoms with van der Waals surface area (Å²) in [6, 6.07) is 10.8. The normalized spacial score (nSPS) is 10.2. The number of halogens is 1. The summed E-state index contributed by atoms with van der Waals surface area (Å²) in [6.45, 7) is 2.03. The number of hydrogen-bond acceptors (Lipinski definition) is 2. The third-order valence-electron chi connectivity index (χ3n) is 2.75. The first kappa shape index (κ1) is 13.1. The Labute approximate surface area is 110 Å². The topological polar surface area (TPSA) is 46.5 Å². The highest BCUT2D eigenvalue weighted by molar-refractivity contribution is 5.89. The Balaban J connectivity index is 2.06. The molecule has 4 heteroatoms. The number of benzene rings is 2. The smallest absolute Gasteiger partial charge is 0.335 e. The quantitative estimate of drug-likeness (QED) is 0.916. The number of ether oxygens (including phenoxy) is 1. The van der Waals surface area contributed by atoms with E-state index in [1.54, 1.807) is 31.2 Å². The van der Waals surface area contributed by atoms with Gasteiger partial charge in [-0.2, -0.15) is 0 Å². The highest BCUT2D eigenvalue weighted by atomic mass is 19.1. The van der Waals surface area contributed by atoms with Crippen LogP contribution in [-0.2, 0) is 6.61 Å². The van der Waals surface area contributed by atoms with Crippen LogP contribution in [0.15, 0.2) is 42.5 Å². The molecule has 0 aliphatic carbocycles. The van der Waals surface area contributed by atoms with E-state index in [0.717, 1.165) is 5.56 Å². The Kier molecular flexibility index (Phi) is 3.80. The molecule has 0 aromatic heterocycles. The van der Waals surface area contributed by atoms with E-state index in [2.05, 4.69) is 0 Å². The fraction of sp³-hybridized carbons (Fsp3) is 0.133. The predicted octanol–water partition coefficient (Wildman–Crippen LogP) is 3.41. The fourth-order valence-electron chi connectivity index (χ4n) is 1.71. The SMILES string of the molecule is Cc1cc(OCc2ccc(F)cc2)ccc1C(=O)O. The lowest BCUT2D eigenvalue weighted by molar-refractivity contribution is 0.0696. The van der Waals surface area contributed by atoms with Gasteiger partial charge in [0.2, 0.25) is 0 Å². The molecule has 2 rings (SSSR count). The lowest BCUT2D eigenvalue weighted by Gasteiger charge is -2.08. The molecule has 0 radical (unpaired) electrons. The first-order valence-electron chi connectivity index (χ1n) is 5.77. The van der Waals surface area contributed by atoms with Gasteiger partial charge in [0.25, 0.3) is 0 Å². The second kappa shape index (κ2) is 5.52. The molecule has 0 heterocycles. The molecule has 1 N–H and O–H groups in total. The fourth-order valence-corrected chi connectivity index (χ4v) is 1.71. The van der Waals surface area contributed by atoms with Gasteiger partial charge in [-0.1, -0.05) is 12.1 Å². The third kappa shape index (κ3) is 3.31. The van der Waals surface area contributed by atoms with Crippen molar-refractivity contribution in [2.75, 3.05) is 0 Å². The lowest BCUT2D eigenvalue weighted by Crippen LogP contribution is -2.01. The standard InChI is InChI=1S/C15H13FO3/c1-10-8-13(6-7-14(10)15(17)18)19-9-11-2-4-12(16)5-3-11/h2-8H,9H2,1H3,(H,17,18). The van der Waals surface area contributed by atoms with Crippen LogP contribution in [0.4, 0.5) is 4.39 Å². The largest absolute Gasteiger partial charge is 0.489 e. The van der Waals surface area contributed by atoms with Crippen molar-refractivity contribution in [3.05, 3.63) is 65.0 Å². The zero-order valence-corrected chi connectivity index (χ0v) is 10.4. The van der Waals surface area contributed by atoms with Crippen LogP contribution in [0.5, 0.6) is 5.75 Å². The molecule has 2 aromatic carbocycles. The lowest BCUT2D eigenvalue weighted by atomic mass is 10.1. The van der Waals surface area contributed by atoms with E-state index in [4.69, 9.17) is 9.84 Å².